The van der Waals surface area contributed by atoms with Crippen molar-refractivity contribution in [2.75, 3.05) is 6.54 Å². The van der Waals surface area contributed by atoms with Crippen molar-refractivity contribution in [3.63, 3.8) is 0 Å². The first kappa shape index (κ1) is 15.3. The lowest BCUT2D eigenvalue weighted by Crippen LogP contribution is -2.26. The number of carbonyl (C=O) groups excluding carboxylic acids is 1. The third-order valence-corrected chi connectivity index (χ3v) is 4.07. The van der Waals surface area contributed by atoms with Gasteiger partial charge in [0.05, 0.1) is 5.69 Å². The van der Waals surface area contributed by atoms with Crippen LogP contribution in [0.5, 0.6) is 0 Å². The molecule has 118 valence electrons. The minimum atomic E-state index is -0.139. The van der Waals surface area contributed by atoms with E-state index in [2.05, 4.69) is 30.1 Å². The molecule has 0 atom stereocenters. The second kappa shape index (κ2) is 7.10. The highest BCUT2D eigenvalue weighted by atomic mass is 32.1. The number of hydrogen-bond donors (Lipinski definition) is 2. The van der Waals surface area contributed by atoms with E-state index in [1.807, 2.05) is 37.3 Å². The van der Waals surface area contributed by atoms with Crippen molar-refractivity contribution in [2.45, 2.75) is 19.8 Å². The summed E-state index contributed by atoms with van der Waals surface area (Å²) in [6, 6.07) is 9.75. The number of carbonyl (C=O) groups is 1. The number of nitrogens with zero attached hydrogens (tertiary/aromatic N) is 4. The molecule has 0 radical (unpaired) electrons. The zero-order valence-electron chi connectivity index (χ0n) is 12.6. The van der Waals surface area contributed by atoms with Crippen LogP contribution in [0.1, 0.15) is 28.1 Å². The third kappa shape index (κ3) is 3.59. The van der Waals surface area contributed by atoms with Gasteiger partial charge in [-0.3, -0.25) is 9.89 Å². The van der Waals surface area contributed by atoms with E-state index in [4.69, 9.17) is 0 Å². The second-order valence-electron chi connectivity index (χ2n) is 4.88. The van der Waals surface area contributed by atoms with E-state index >= 15 is 0 Å². The van der Waals surface area contributed by atoms with Crippen molar-refractivity contribution < 1.29 is 4.79 Å². The normalized spacial score (nSPS) is 10.7. The van der Waals surface area contributed by atoms with Gasteiger partial charge >= 0.3 is 0 Å². The molecular formula is C15H16N6OS. The summed E-state index contributed by atoms with van der Waals surface area (Å²) in [5.74, 6) is 1.26. The number of nitrogens with one attached hydrogen (secondary N) is 2. The molecule has 0 fully saturated rings. The van der Waals surface area contributed by atoms with Crippen LogP contribution in [0.2, 0.25) is 0 Å². The summed E-state index contributed by atoms with van der Waals surface area (Å²) >= 11 is 1.12. The molecule has 0 saturated carbocycles. The molecule has 0 aliphatic rings. The number of aromatic nitrogens is 5. The Labute approximate surface area is 137 Å². The monoisotopic (exact) mass is 328 g/mol. The topological polar surface area (TPSA) is 96.5 Å². The molecule has 1 amide bonds. The Hall–Kier alpha value is -2.61. The van der Waals surface area contributed by atoms with Crippen molar-refractivity contribution in [3.8, 4) is 11.4 Å². The summed E-state index contributed by atoms with van der Waals surface area (Å²) in [7, 11) is 0. The zero-order valence-corrected chi connectivity index (χ0v) is 13.4. The number of aromatic amines is 1. The van der Waals surface area contributed by atoms with Crippen LogP contribution < -0.4 is 5.32 Å². The summed E-state index contributed by atoms with van der Waals surface area (Å²) < 4.78 is 3.82. The first-order chi connectivity index (χ1) is 11.3. The lowest BCUT2D eigenvalue weighted by atomic mass is 10.2. The Kier molecular flexibility index (Phi) is 4.72. The SMILES string of the molecule is CCc1nnsc1C(=O)NCCc1nc(-c2ccccc2)n[nH]1. The first-order valence-electron chi connectivity index (χ1n) is 7.34. The van der Waals surface area contributed by atoms with Crippen LogP contribution in [-0.2, 0) is 12.8 Å². The van der Waals surface area contributed by atoms with Crippen LogP contribution in [0, 0.1) is 0 Å². The molecule has 3 aromatic rings. The van der Waals surface area contributed by atoms with Crippen LogP contribution >= 0.6 is 11.5 Å². The number of benzene rings is 1. The molecule has 0 saturated heterocycles. The quantitative estimate of drug-likeness (QED) is 0.720. The summed E-state index contributed by atoms with van der Waals surface area (Å²) in [6.07, 6.45) is 1.28. The summed E-state index contributed by atoms with van der Waals surface area (Å²) in [6.45, 7) is 2.43. The Bertz CT molecular complexity index is 782. The first-order valence-corrected chi connectivity index (χ1v) is 8.11. The van der Waals surface area contributed by atoms with Crippen LogP contribution in [0.25, 0.3) is 11.4 Å². The summed E-state index contributed by atoms with van der Waals surface area (Å²) in [5, 5.41) is 13.9. The van der Waals surface area contributed by atoms with E-state index in [0.717, 1.165) is 28.6 Å². The molecule has 0 spiro atoms. The van der Waals surface area contributed by atoms with Crippen LogP contribution in [0.15, 0.2) is 30.3 Å². The maximum Gasteiger partial charge on any atom is 0.264 e. The molecular weight excluding hydrogens is 312 g/mol. The fraction of sp³-hybridized carbons (Fsp3) is 0.267. The molecule has 2 heterocycles. The average Bonchev–Trinajstić information content (AvgIpc) is 3.24. The number of rotatable bonds is 6. The molecule has 1 aromatic carbocycles. The van der Waals surface area contributed by atoms with Crippen LogP contribution in [0.3, 0.4) is 0 Å². The fourth-order valence-electron chi connectivity index (χ4n) is 2.11. The van der Waals surface area contributed by atoms with Crippen molar-refractivity contribution in [3.05, 3.63) is 46.7 Å². The smallest absolute Gasteiger partial charge is 0.264 e. The van der Waals surface area contributed by atoms with Gasteiger partial charge in [-0.05, 0) is 18.0 Å². The zero-order chi connectivity index (χ0) is 16.1. The number of amides is 1. The maximum absolute atomic E-state index is 12.1. The molecule has 3 rings (SSSR count). The predicted molar refractivity (Wildman–Crippen MR) is 87.1 cm³/mol. The number of H-pyrrole nitrogens is 1. The van der Waals surface area contributed by atoms with E-state index in [1.54, 1.807) is 0 Å². The van der Waals surface area contributed by atoms with Gasteiger partial charge in [-0.1, -0.05) is 41.7 Å². The predicted octanol–water partition coefficient (Wildman–Crippen LogP) is 1.86. The van der Waals surface area contributed by atoms with E-state index < -0.39 is 0 Å². The molecule has 2 aromatic heterocycles. The minimum Gasteiger partial charge on any atom is -0.351 e. The van der Waals surface area contributed by atoms with Gasteiger partial charge in [0.1, 0.15) is 10.7 Å². The van der Waals surface area contributed by atoms with Gasteiger partial charge in [-0.25, -0.2) is 4.98 Å². The van der Waals surface area contributed by atoms with Gasteiger partial charge in [-0.2, -0.15) is 5.10 Å². The lowest BCUT2D eigenvalue weighted by molar-refractivity contribution is 0.0957. The molecule has 0 bridgehead atoms. The molecule has 0 unspecified atom stereocenters. The van der Waals surface area contributed by atoms with Gasteiger partial charge in [0.15, 0.2) is 5.82 Å². The molecule has 2 N–H and O–H groups in total. The highest BCUT2D eigenvalue weighted by Crippen LogP contribution is 2.13. The van der Waals surface area contributed by atoms with Gasteiger partial charge in [0.2, 0.25) is 0 Å². The van der Waals surface area contributed by atoms with E-state index in [1.165, 1.54) is 0 Å². The number of aryl methyl sites for hydroxylation is 1. The van der Waals surface area contributed by atoms with Gasteiger partial charge in [0.25, 0.3) is 5.91 Å². The second-order valence-corrected chi connectivity index (χ2v) is 5.63. The Morgan fingerprint density at radius 2 is 2.13 bits per heavy atom. The Morgan fingerprint density at radius 1 is 1.30 bits per heavy atom. The Morgan fingerprint density at radius 3 is 2.91 bits per heavy atom. The van der Waals surface area contributed by atoms with Gasteiger partial charge in [0, 0.05) is 18.5 Å². The lowest BCUT2D eigenvalue weighted by Gasteiger charge is -2.02. The van der Waals surface area contributed by atoms with Crippen molar-refractivity contribution in [2.24, 2.45) is 0 Å². The fourth-order valence-corrected chi connectivity index (χ4v) is 2.78. The Balaban J connectivity index is 1.55. The van der Waals surface area contributed by atoms with E-state index in [-0.39, 0.29) is 5.91 Å². The molecule has 23 heavy (non-hydrogen) atoms. The van der Waals surface area contributed by atoms with Crippen molar-refractivity contribution in [1.82, 2.24) is 30.1 Å². The summed E-state index contributed by atoms with van der Waals surface area (Å²) in [4.78, 5) is 17.1. The van der Waals surface area contributed by atoms with E-state index in [0.29, 0.717) is 30.1 Å². The standard InChI is InChI=1S/C15H16N6OS/c1-2-11-13(23-21-18-11)15(22)16-9-8-12-17-14(20-19-12)10-6-4-3-5-7-10/h3-7H,2,8-9H2,1H3,(H,16,22)(H,17,19,20). The van der Waals surface area contributed by atoms with Crippen LogP contribution in [0.4, 0.5) is 0 Å². The van der Waals surface area contributed by atoms with Gasteiger partial charge in [-0.15, -0.1) is 5.10 Å². The molecule has 0 aliphatic carbocycles. The highest BCUT2D eigenvalue weighted by Gasteiger charge is 2.14. The highest BCUT2D eigenvalue weighted by molar-refractivity contribution is 7.08. The number of hydrogen-bond acceptors (Lipinski definition) is 6. The third-order valence-electron chi connectivity index (χ3n) is 3.31. The summed E-state index contributed by atoms with van der Waals surface area (Å²) in [5.41, 5.74) is 1.70. The van der Waals surface area contributed by atoms with Crippen LogP contribution in [-0.4, -0.2) is 37.2 Å². The maximum atomic E-state index is 12.1. The molecule has 7 nitrogen and oxygen atoms in total. The van der Waals surface area contributed by atoms with E-state index in [9.17, 15) is 4.79 Å². The largest absolute Gasteiger partial charge is 0.351 e. The van der Waals surface area contributed by atoms with Crippen molar-refractivity contribution >= 4 is 17.4 Å². The molecule has 8 heteroatoms. The molecule has 0 aliphatic heterocycles. The average molecular weight is 328 g/mol. The van der Waals surface area contributed by atoms with Crippen molar-refractivity contribution in [1.29, 1.82) is 0 Å². The van der Waals surface area contributed by atoms with Gasteiger partial charge < -0.3 is 5.32 Å². The minimum absolute atomic E-state index is 0.139.